The lowest BCUT2D eigenvalue weighted by Gasteiger charge is -2.10. The molecule has 0 aliphatic rings. The lowest BCUT2D eigenvalue weighted by molar-refractivity contribution is -0.113. The molecule has 1 amide bonds. The van der Waals surface area contributed by atoms with E-state index in [4.69, 9.17) is 16.3 Å². The van der Waals surface area contributed by atoms with Gasteiger partial charge in [0, 0.05) is 23.5 Å². The third-order valence-corrected chi connectivity index (χ3v) is 4.63. The fourth-order valence-corrected chi connectivity index (χ4v) is 3.21. The van der Waals surface area contributed by atoms with Crippen LogP contribution in [-0.4, -0.2) is 33.5 Å². The van der Waals surface area contributed by atoms with Crippen LogP contribution in [0.15, 0.2) is 59.8 Å². The van der Waals surface area contributed by atoms with E-state index in [1.165, 1.54) is 11.8 Å². The van der Waals surface area contributed by atoms with Gasteiger partial charge in [0.15, 0.2) is 11.0 Å². The van der Waals surface area contributed by atoms with Crippen LogP contribution >= 0.6 is 23.4 Å². The molecule has 1 N–H and O–H groups in total. The van der Waals surface area contributed by atoms with E-state index in [9.17, 15) is 4.79 Å². The quantitative estimate of drug-likeness (QED) is 0.623. The van der Waals surface area contributed by atoms with Gasteiger partial charge in [0.2, 0.25) is 5.91 Å². The Morgan fingerprint density at radius 2 is 1.88 bits per heavy atom. The standard InChI is InChI=1S/C18H17ClN4O2S/c1-25-11-16-21-22-18(23(16)15-5-3-2-4-6-15)26-12-17(24)20-14-9-7-13(19)8-10-14/h2-10H,11-12H2,1H3,(H,20,24). The summed E-state index contributed by atoms with van der Waals surface area (Å²) in [5, 5.41) is 12.5. The van der Waals surface area contributed by atoms with E-state index in [1.807, 2.05) is 34.9 Å². The molecule has 0 aliphatic carbocycles. The van der Waals surface area contributed by atoms with E-state index in [-0.39, 0.29) is 11.7 Å². The normalized spacial score (nSPS) is 10.7. The number of amides is 1. The number of benzene rings is 2. The van der Waals surface area contributed by atoms with Crippen molar-refractivity contribution in [1.29, 1.82) is 0 Å². The summed E-state index contributed by atoms with van der Waals surface area (Å²) >= 11 is 7.16. The predicted octanol–water partition coefficient (Wildman–Crippen LogP) is 3.80. The molecule has 2 aromatic carbocycles. The maximum atomic E-state index is 12.2. The van der Waals surface area contributed by atoms with Crippen molar-refractivity contribution in [2.24, 2.45) is 0 Å². The molecule has 0 radical (unpaired) electrons. The molecule has 3 aromatic rings. The van der Waals surface area contributed by atoms with E-state index in [0.29, 0.717) is 28.3 Å². The molecule has 0 spiro atoms. The van der Waals surface area contributed by atoms with Gasteiger partial charge in [-0.05, 0) is 36.4 Å². The molecule has 0 fully saturated rings. The van der Waals surface area contributed by atoms with E-state index < -0.39 is 0 Å². The van der Waals surface area contributed by atoms with Crippen molar-refractivity contribution in [3.8, 4) is 5.69 Å². The summed E-state index contributed by atoms with van der Waals surface area (Å²) in [6.45, 7) is 0.333. The predicted molar refractivity (Wildman–Crippen MR) is 103 cm³/mol. The fraction of sp³-hybridized carbons (Fsp3) is 0.167. The first-order chi connectivity index (χ1) is 12.7. The summed E-state index contributed by atoms with van der Waals surface area (Å²) in [6, 6.07) is 16.7. The number of nitrogens with one attached hydrogen (secondary N) is 1. The summed E-state index contributed by atoms with van der Waals surface area (Å²) in [6.07, 6.45) is 0. The zero-order valence-corrected chi connectivity index (χ0v) is 15.6. The Hall–Kier alpha value is -2.35. The summed E-state index contributed by atoms with van der Waals surface area (Å²) in [5.74, 6) is 0.758. The van der Waals surface area contributed by atoms with Crippen LogP contribution in [0.5, 0.6) is 0 Å². The monoisotopic (exact) mass is 388 g/mol. The number of rotatable bonds is 7. The molecule has 0 atom stereocenters. The molecular weight excluding hydrogens is 372 g/mol. The second-order valence-corrected chi connectivity index (χ2v) is 6.73. The van der Waals surface area contributed by atoms with Gasteiger partial charge in [-0.15, -0.1) is 10.2 Å². The second kappa shape index (κ2) is 8.84. The Labute approximate surface area is 160 Å². The molecule has 0 saturated heterocycles. The SMILES string of the molecule is COCc1nnc(SCC(=O)Nc2ccc(Cl)cc2)n1-c1ccccc1. The van der Waals surface area contributed by atoms with Crippen molar-refractivity contribution in [3.05, 3.63) is 65.4 Å². The van der Waals surface area contributed by atoms with Crippen molar-refractivity contribution in [3.63, 3.8) is 0 Å². The highest BCUT2D eigenvalue weighted by atomic mass is 35.5. The zero-order valence-electron chi connectivity index (χ0n) is 14.1. The lowest BCUT2D eigenvalue weighted by atomic mass is 10.3. The van der Waals surface area contributed by atoms with Crippen LogP contribution in [0.25, 0.3) is 5.69 Å². The van der Waals surface area contributed by atoms with E-state index >= 15 is 0 Å². The van der Waals surface area contributed by atoms with Gasteiger partial charge in [0.1, 0.15) is 6.61 Å². The summed E-state index contributed by atoms with van der Waals surface area (Å²) in [5.41, 5.74) is 1.62. The van der Waals surface area contributed by atoms with Gasteiger partial charge in [0.05, 0.1) is 5.75 Å². The van der Waals surface area contributed by atoms with Gasteiger partial charge < -0.3 is 10.1 Å². The fourth-order valence-electron chi connectivity index (χ4n) is 2.31. The molecule has 8 heteroatoms. The molecular formula is C18H17ClN4O2S. The maximum absolute atomic E-state index is 12.2. The first kappa shape index (κ1) is 18.4. The number of carbonyl (C=O) groups excluding carboxylic acids is 1. The van der Waals surface area contributed by atoms with Crippen LogP contribution in [0.2, 0.25) is 5.02 Å². The zero-order chi connectivity index (χ0) is 18.4. The topological polar surface area (TPSA) is 69.0 Å². The van der Waals surface area contributed by atoms with Crippen LogP contribution < -0.4 is 5.32 Å². The highest BCUT2D eigenvalue weighted by Gasteiger charge is 2.15. The van der Waals surface area contributed by atoms with Crippen molar-refractivity contribution < 1.29 is 9.53 Å². The van der Waals surface area contributed by atoms with E-state index in [0.717, 1.165) is 5.69 Å². The number of anilines is 1. The van der Waals surface area contributed by atoms with Gasteiger partial charge in [-0.3, -0.25) is 9.36 Å². The Kier molecular flexibility index (Phi) is 6.27. The molecule has 26 heavy (non-hydrogen) atoms. The summed E-state index contributed by atoms with van der Waals surface area (Å²) in [4.78, 5) is 12.2. The minimum atomic E-state index is -0.131. The number of methoxy groups -OCH3 is 1. The number of thioether (sulfide) groups is 1. The van der Waals surface area contributed by atoms with E-state index in [1.54, 1.807) is 31.4 Å². The molecule has 0 aliphatic heterocycles. The highest BCUT2D eigenvalue weighted by molar-refractivity contribution is 7.99. The smallest absolute Gasteiger partial charge is 0.234 e. The third kappa shape index (κ3) is 4.63. The number of nitrogens with zero attached hydrogens (tertiary/aromatic N) is 3. The molecule has 3 rings (SSSR count). The average Bonchev–Trinajstić information content (AvgIpc) is 3.06. The van der Waals surface area contributed by atoms with Crippen LogP contribution in [0.1, 0.15) is 5.82 Å². The second-order valence-electron chi connectivity index (χ2n) is 5.35. The summed E-state index contributed by atoms with van der Waals surface area (Å²) < 4.78 is 7.09. The molecule has 0 bridgehead atoms. The maximum Gasteiger partial charge on any atom is 0.234 e. The highest BCUT2D eigenvalue weighted by Crippen LogP contribution is 2.23. The minimum absolute atomic E-state index is 0.131. The minimum Gasteiger partial charge on any atom is -0.377 e. The molecule has 134 valence electrons. The van der Waals surface area contributed by atoms with Gasteiger partial charge >= 0.3 is 0 Å². The molecule has 1 heterocycles. The van der Waals surface area contributed by atoms with Gasteiger partial charge in [0.25, 0.3) is 0 Å². The number of carbonyl (C=O) groups is 1. The van der Waals surface area contributed by atoms with E-state index in [2.05, 4.69) is 15.5 Å². The third-order valence-electron chi connectivity index (χ3n) is 3.45. The Morgan fingerprint density at radius 1 is 1.15 bits per heavy atom. The lowest BCUT2D eigenvalue weighted by Crippen LogP contribution is -2.14. The number of halogens is 1. The molecule has 0 saturated carbocycles. The first-order valence-corrected chi connectivity index (χ1v) is 9.20. The molecule has 6 nitrogen and oxygen atoms in total. The van der Waals surface area contributed by atoms with Gasteiger partial charge in [-0.25, -0.2) is 0 Å². The number of aromatic nitrogens is 3. The average molecular weight is 389 g/mol. The van der Waals surface area contributed by atoms with Gasteiger partial charge in [-0.2, -0.15) is 0 Å². The van der Waals surface area contributed by atoms with Crippen molar-refractivity contribution in [1.82, 2.24) is 14.8 Å². The van der Waals surface area contributed by atoms with Crippen LogP contribution in [-0.2, 0) is 16.1 Å². The number of hydrogen-bond acceptors (Lipinski definition) is 5. The Morgan fingerprint density at radius 3 is 2.58 bits per heavy atom. The Bertz CT molecular complexity index is 869. The number of hydrogen-bond donors (Lipinski definition) is 1. The Balaban J connectivity index is 1.71. The number of para-hydroxylation sites is 1. The molecule has 1 aromatic heterocycles. The largest absolute Gasteiger partial charge is 0.377 e. The van der Waals surface area contributed by atoms with Gasteiger partial charge in [-0.1, -0.05) is 41.6 Å². The molecule has 0 unspecified atom stereocenters. The number of ether oxygens (including phenoxy) is 1. The van der Waals surface area contributed by atoms with Crippen molar-refractivity contribution in [2.45, 2.75) is 11.8 Å². The van der Waals surface area contributed by atoms with Crippen molar-refractivity contribution in [2.75, 3.05) is 18.2 Å². The van der Waals surface area contributed by atoms with Crippen LogP contribution in [0, 0.1) is 0 Å². The van der Waals surface area contributed by atoms with Crippen molar-refractivity contribution >= 4 is 35.0 Å². The summed E-state index contributed by atoms with van der Waals surface area (Å²) in [7, 11) is 1.61. The van der Waals surface area contributed by atoms with Crippen LogP contribution in [0.3, 0.4) is 0 Å². The first-order valence-electron chi connectivity index (χ1n) is 7.84. The van der Waals surface area contributed by atoms with Crippen LogP contribution in [0.4, 0.5) is 5.69 Å².